The molecule has 2 rings (SSSR count). The molecule has 1 aliphatic heterocycles. The van der Waals surface area contributed by atoms with Gasteiger partial charge in [0.25, 0.3) is 0 Å². The smallest absolute Gasteiger partial charge is 0.248 e. The van der Waals surface area contributed by atoms with Crippen LogP contribution < -0.4 is 16.8 Å². The maximum Gasteiger partial charge on any atom is 0.248 e. The van der Waals surface area contributed by atoms with Gasteiger partial charge in [-0.1, -0.05) is 0 Å². The first-order valence-corrected chi connectivity index (χ1v) is 6.18. The summed E-state index contributed by atoms with van der Waals surface area (Å²) in [7, 11) is 0. The van der Waals surface area contributed by atoms with Gasteiger partial charge in [0, 0.05) is 25.3 Å². The van der Waals surface area contributed by atoms with Crippen LogP contribution in [0, 0.1) is 5.92 Å². The number of anilines is 2. The number of carbonyl (C=O) groups excluding carboxylic acids is 1. The Balaban J connectivity index is 1.94. The second-order valence-corrected chi connectivity index (χ2v) is 4.60. The number of carbonyl (C=O) groups is 1. The lowest BCUT2D eigenvalue weighted by molar-refractivity contribution is 0.0699. The van der Waals surface area contributed by atoms with Crippen molar-refractivity contribution in [1.82, 2.24) is 0 Å². The van der Waals surface area contributed by atoms with E-state index in [1.807, 2.05) is 0 Å². The van der Waals surface area contributed by atoms with Crippen LogP contribution in [0.15, 0.2) is 18.2 Å². The van der Waals surface area contributed by atoms with Crippen molar-refractivity contribution in [2.45, 2.75) is 12.8 Å². The van der Waals surface area contributed by atoms with Crippen LogP contribution in [0.4, 0.5) is 11.4 Å². The van der Waals surface area contributed by atoms with Crippen LogP contribution in [-0.4, -0.2) is 25.7 Å². The number of ether oxygens (including phenoxy) is 1. The van der Waals surface area contributed by atoms with Gasteiger partial charge in [0.1, 0.15) is 0 Å². The van der Waals surface area contributed by atoms with Gasteiger partial charge in [-0.2, -0.15) is 0 Å². The lowest BCUT2D eigenvalue weighted by atomic mass is 10.0. The van der Waals surface area contributed by atoms with Crippen molar-refractivity contribution in [3.05, 3.63) is 23.8 Å². The number of nitrogen functional groups attached to an aromatic ring is 1. The minimum absolute atomic E-state index is 0.434. The molecular formula is C13H19N3O2. The number of amides is 1. The summed E-state index contributed by atoms with van der Waals surface area (Å²) in [5.74, 6) is 0.159. The maximum absolute atomic E-state index is 11.0. The first-order valence-electron chi connectivity index (χ1n) is 6.18. The van der Waals surface area contributed by atoms with Gasteiger partial charge in [0.2, 0.25) is 5.91 Å². The van der Waals surface area contributed by atoms with Crippen LogP contribution in [0.1, 0.15) is 23.2 Å². The molecule has 0 spiro atoms. The average molecular weight is 249 g/mol. The molecule has 5 heteroatoms. The molecule has 5 N–H and O–H groups in total. The Morgan fingerprint density at radius 3 is 2.72 bits per heavy atom. The molecule has 0 aromatic heterocycles. The summed E-state index contributed by atoms with van der Waals surface area (Å²) >= 11 is 0. The molecule has 1 aromatic carbocycles. The second-order valence-electron chi connectivity index (χ2n) is 4.60. The summed E-state index contributed by atoms with van der Waals surface area (Å²) in [6.45, 7) is 2.55. The molecule has 18 heavy (non-hydrogen) atoms. The molecular weight excluding hydrogens is 230 g/mol. The number of hydrogen-bond donors (Lipinski definition) is 3. The minimum Gasteiger partial charge on any atom is -0.397 e. The Morgan fingerprint density at radius 1 is 1.39 bits per heavy atom. The molecule has 0 bridgehead atoms. The Labute approximate surface area is 106 Å². The van der Waals surface area contributed by atoms with Crippen LogP contribution >= 0.6 is 0 Å². The molecule has 0 atom stereocenters. The zero-order valence-electron chi connectivity index (χ0n) is 10.3. The summed E-state index contributed by atoms with van der Waals surface area (Å²) in [6, 6.07) is 5.09. The highest BCUT2D eigenvalue weighted by molar-refractivity contribution is 5.94. The van der Waals surface area contributed by atoms with Gasteiger partial charge in [-0.05, 0) is 37.0 Å². The topological polar surface area (TPSA) is 90.4 Å². The molecule has 0 radical (unpaired) electrons. The molecule has 0 unspecified atom stereocenters. The zero-order chi connectivity index (χ0) is 13.0. The first kappa shape index (κ1) is 12.7. The van der Waals surface area contributed by atoms with Gasteiger partial charge in [-0.15, -0.1) is 0 Å². The minimum atomic E-state index is -0.460. The van der Waals surface area contributed by atoms with Crippen LogP contribution in [-0.2, 0) is 4.74 Å². The highest BCUT2D eigenvalue weighted by Crippen LogP contribution is 2.22. The summed E-state index contributed by atoms with van der Waals surface area (Å²) in [4.78, 5) is 11.0. The molecule has 1 fully saturated rings. The maximum atomic E-state index is 11.0. The van der Waals surface area contributed by atoms with Crippen molar-refractivity contribution >= 4 is 17.3 Å². The summed E-state index contributed by atoms with van der Waals surface area (Å²) in [6.07, 6.45) is 2.15. The van der Waals surface area contributed by atoms with Gasteiger partial charge in [0.05, 0.1) is 11.4 Å². The quantitative estimate of drug-likeness (QED) is 0.699. The van der Waals surface area contributed by atoms with Crippen LogP contribution in [0.5, 0.6) is 0 Å². The molecule has 1 aliphatic rings. The first-order chi connectivity index (χ1) is 8.66. The van der Waals surface area contributed by atoms with Crippen LogP contribution in [0.3, 0.4) is 0 Å². The Morgan fingerprint density at radius 2 is 2.11 bits per heavy atom. The van der Waals surface area contributed by atoms with Crippen molar-refractivity contribution in [3.8, 4) is 0 Å². The molecule has 0 aliphatic carbocycles. The largest absolute Gasteiger partial charge is 0.397 e. The molecule has 0 saturated carbocycles. The predicted molar refractivity (Wildman–Crippen MR) is 71.4 cm³/mol. The standard InChI is InChI=1S/C13H19N3O2/c14-11-7-10(13(15)17)1-2-12(11)16-8-9-3-5-18-6-4-9/h1-2,7,9,16H,3-6,8,14H2,(H2,15,17). The monoisotopic (exact) mass is 249 g/mol. The van der Waals surface area contributed by atoms with Gasteiger partial charge in [-0.3, -0.25) is 4.79 Å². The number of benzene rings is 1. The molecule has 1 amide bonds. The molecule has 1 saturated heterocycles. The van der Waals surface area contributed by atoms with Gasteiger partial charge in [-0.25, -0.2) is 0 Å². The lowest BCUT2D eigenvalue weighted by Crippen LogP contribution is -2.23. The molecule has 98 valence electrons. The normalized spacial score (nSPS) is 16.4. The SMILES string of the molecule is NC(=O)c1ccc(NCC2CCOCC2)c(N)c1. The highest BCUT2D eigenvalue weighted by atomic mass is 16.5. The Kier molecular flexibility index (Phi) is 4.04. The van der Waals surface area contributed by atoms with E-state index in [1.54, 1.807) is 18.2 Å². The number of hydrogen-bond acceptors (Lipinski definition) is 4. The fourth-order valence-corrected chi connectivity index (χ4v) is 2.08. The Bertz CT molecular complexity index is 428. The van der Waals surface area contributed by atoms with E-state index in [-0.39, 0.29) is 0 Å². The van der Waals surface area contributed by atoms with E-state index >= 15 is 0 Å². The van der Waals surface area contributed by atoms with Gasteiger partial charge in [0.15, 0.2) is 0 Å². The third-order valence-electron chi connectivity index (χ3n) is 3.26. The van der Waals surface area contributed by atoms with Crippen molar-refractivity contribution in [2.75, 3.05) is 30.8 Å². The molecule has 1 heterocycles. The van der Waals surface area contributed by atoms with Crippen LogP contribution in [0.25, 0.3) is 0 Å². The van der Waals surface area contributed by atoms with Crippen molar-refractivity contribution in [2.24, 2.45) is 11.7 Å². The molecule has 1 aromatic rings. The van der Waals surface area contributed by atoms with E-state index in [4.69, 9.17) is 16.2 Å². The van der Waals surface area contributed by atoms with Gasteiger partial charge < -0.3 is 21.5 Å². The summed E-state index contributed by atoms with van der Waals surface area (Å²) < 4.78 is 5.31. The van der Waals surface area contributed by atoms with Crippen LogP contribution in [0.2, 0.25) is 0 Å². The number of rotatable bonds is 4. The fourth-order valence-electron chi connectivity index (χ4n) is 2.08. The van der Waals surface area contributed by atoms with E-state index < -0.39 is 5.91 Å². The van der Waals surface area contributed by atoms with Crippen molar-refractivity contribution < 1.29 is 9.53 Å². The van der Waals surface area contributed by atoms with E-state index in [2.05, 4.69) is 5.32 Å². The van der Waals surface area contributed by atoms with E-state index in [0.29, 0.717) is 17.2 Å². The summed E-state index contributed by atoms with van der Waals surface area (Å²) in [5, 5.41) is 3.32. The van der Waals surface area contributed by atoms with E-state index in [1.165, 1.54) is 0 Å². The zero-order valence-corrected chi connectivity index (χ0v) is 10.3. The number of nitrogens with one attached hydrogen (secondary N) is 1. The van der Waals surface area contributed by atoms with E-state index in [0.717, 1.165) is 38.3 Å². The lowest BCUT2D eigenvalue weighted by Gasteiger charge is -2.23. The average Bonchev–Trinajstić information content (AvgIpc) is 2.38. The fraction of sp³-hybridized carbons (Fsp3) is 0.462. The summed E-state index contributed by atoms with van der Waals surface area (Å²) in [5.41, 5.74) is 12.9. The highest BCUT2D eigenvalue weighted by Gasteiger charge is 2.14. The third kappa shape index (κ3) is 3.13. The predicted octanol–water partition coefficient (Wildman–Crippen LogP) is 1.21. The third-order valence-corrected chi connectivity index (χ3v) is 3.26. The van der Waals surface area contributed by atoms with Crippen molar-refractivity contribution in [3.63, 3.8) is 0 Å². The van der Waals surface area contributed by atoms with E-state index in [9.17, 15) is 4.79 Å². The molecule has 5 nitrogen and oxygen atoms in total. The number of nitrogens with two attached hydrogens (primary N) is 2. The number of primary amides is 1. The Hall–Kier alpha value is -1.75. The van der Waals surface area contributed by atoms with Gasteiger partial charge >= 0.3 is 0 Å². The van der Waals surface area contributed by atoms with Crippen molar-refractivity contribution in [1.29, 1.82) is 0 Å². The second kappa shape index (κ2) is 5.73.